The molecule has 2 aromatic rings. The van der Waals surface area contributed by atoms with Crippen molar-refractivity contribution in [3.05, 3.63) is 35.2 Å². The molecule has 2 rings (SSSR count). The highest BCUT2D eigenvalue weighted by molar-refractivity contribution is 7.14. The van der Waals surface area contributed by atoms with Crippen molar-refractivity contribution < 1.29 is 13.6 Å². The molecule has 0 fully saturated rings. The van der Waals surface area contributed by atoms with Crippen LogP contribution in [-0.4, -0.2) is 10.9 Å². The average molecular weight is 310 g/mol. The molecule has 0 aliphatic heterocycles. The van der Waals surface area contributed by atoms with E-state index in [9.17, 15) is 13.6 Å². The largest absolute Gasteiger partial charge is 0.302 e. The Labute approximate surface area is 126 Å². The first-order valence-corrected chi connectivity index (χ1v) is 7.54. The van der Waals surface area contributed by atoms with Crippen molar-refractivity contribution in [2.45, 2.75) is 26.7 Å². The second-order valence-corrected chi connectivity index (χ2v) is 6.01. The van der Waals surface area contributed by atoms with E-state index < -0.39 is 11.6 Å². The zero-order valence-electron chi connectivity index (χ0n) is 11.8. The number of thiazole rings is 1. The van der Waals surface area contributed by atoms with Crippen molar-refractivity contribution >= 4 is 22.4 Å². The van der Waals surface area contributed by atoms with E-state index in [0.29, 0.717) is 28.7 Å². The molecule has 1 aromatic carbocycles. The molecule has 21 heavy (non-hydrogen) atoms. The maximum Gasteiger partial charge on any atom is 0.226 e. The third-order valence-electron chi connectivity index (χ3n) is 2.91. The lowest BCUT2D eigenvalue weighted by Gasteiger charge is -2.04. The molecule has 0 unspecified atom stereocenters. The number of anilines is 1. The fourth-order valence-electron chi connectivity index (χ4n) is 1.72. The van der Waals surface area contributed by atoms with Gasteiger partial charge in [0.1, 0.15) is 0 Å². The summed E-state index contributed by atoms with van der Waals surface area (Å²) in [5, 5.41) is 4.87. The van der Waals surface area contributed by atoms with Crippen LogP contribution in [0.1, 0.15) is 26.7 Å². The van der Waals surface area contributed by atoms with E-state index in [4.69, 9.17) is 0 Å². The standard InChI is InChI=1S/C15H16F2N2OS/c1-9(2)3-6-14(20)19-15-18-13(8-21-15)10-4-5-11(16)12(17)7-10/h4-5,7-9H,3,6H2,1-2H3,(H,18,19,20). The quantitative estimate of drug-likeness (QED) is 0.885. The SMILES string of the molecule is CC(C)CCC(=O)Nc1nc(-c2ccc(F)c(F)c2)cs1. The molecule has 0 saturated carbocycles. The molecule has 0 radical (unpaired) electrons. The number of halogens is 2. The van der Waals surface area contributed by atoms with Crippen LogP contribution >= 0.6 is 11.3 Å². The van der Waals surface area contributed by atoms with Crippen LogP contribution in [0, 0.1) is 17.6 Å². The molecule has 1 amide bonds. The first-order chi connectivity index (χ1) is 9.95. The highest BCUT2D eigenvalue weighted by Crippen LogP contribution is 2.26. The van der Waals surface area contributed by atoms with Crippen molar-refractivity contribution in [1.82, 2.24) is 4.98 Å². The van der Waals surface area contributed by atoms with Crippen molar-refractivity contribution in [3.63, 3.8) is 0 Å². The third-order valence-corrected chi connectivity index (χ3v) is 3.67. The molecule has 1 N–H and O–H groups in total. The summed E-state index contributed by atoms with van der Waals surface area (Å²) in [7, 11) is 0. The molecule has 112 valence electrons. The number of rotatable bonds is 5. The molecule has 3 nitrogen and oxygen atoms in total. The normalized spacial score (nSPS) is 10.9. The van der Waals surface area contributed by atoms with Crippen LogP contribution in [0.3, 0.4) is 0 Å². The second-order valence-electron chi connectivity index (χ2n) is 5.15. The Morgan fingerprint density at radius 1 is 1.33 bits per heavy atom. The molecule has 0 saturated heterocycles. The van der Waals surface area contributed by atoms with Crippen molar-refractivity contribution in [3.8, 4) is 11.3 Å². The van der Waals surface area contributed by atoms with Gasteiger partial charge >= 0.3 is 0 Å². The van der Waals surface area contributed by atoms with Gasteiger partial charge < -0.3 is 5.32 Å². The Morgan fingerprint density at radius 3 is 2.76 bits per heavy atom. The van der Waals surface area contributed by atoms with Crippen LogP contribution in [0.5, 0.6) is 0 Å². The second kappa shape index (κ2) is 6.76. The van der Waals surface area contributed by atoms with Gasteiger partial charge in [0.05, 0.1) is 5.69 Å². The Kier molecular flexibility index (Phi) is 5.01. The summed E-state index contributed by atoms with van der Waals surface area (Å²) in [6.07, 6.45) is 1.25. The number of benzene rings is 1. The lowest BCUT2D eigenvalue weighted by Crippen LogP contribution is -2.11. The maximum atomic E-state index is 13.2. The topological polar surface area (TPSA) is 42.0 Å². The molecule has 0 atom stereocenters. The highest BCUT2D eigenvalue weighted by atomic mass is 32.1. The molecule has 6 heteroatoms. The van der Waals surface area contributed by atoms with E-state index in [2.05, 4.69) is 24.1 Å². The Morgan fingerprint density at radius 2 is 2.10 bits per heavy atom. The summed E-state index contributed by atoms with van der Waals surface area (Å²) in [5.41, 5.74) is 0.992. The molecule has 0 aliphatic carbocycles. The summed E-state index contributed by atoms with van der Waals surface area (Å²) in [4.78, 5) is 15.9. The van der Waals surface area contributed by atoms with Gasteiger partial charge in [-0.25, -0.2) is 13.8 Å². The summed E-state index contributed by atoms with van der Waals surface area (Å²) >= 11 is 1.26. The van der Waals surface area contributed by atoms with E-state index in [1.165, 1.54) is 17.4 Å². The number of amides is 1. The Hall–Kier alpha value is -1.82. The Balaban J connectivity index is 2.04. The smallest absolute Gasteiger partial charge is 0.226 e. The molecular formula is C15H16F2N2OS. The number of carbonyl (C=O) groups is 1. The lowest BCUT2D eigenvalue weighted by atomic mass is 10.1. The zero-order valence-corrected chi connectivity index (χ0v) is 12.6. The Bertz CT molecular complexity index is 640. The van der Waals surface area contributed by atoms with Gasteiger partial charge in [-0.1, -0.05) is 13.8 Å². The number of nitrogens with one attached hydrogen (secondary N) is 1. The van der Waals surface area contributed by atoms with E-state index in [1.54, 1.807) is 5.38 Å². The van der Waals surface area contributed by atoms with Gasteiger partial charge in [-0.2, -0.15) is 0 Å². The lowest BCUT2D eigenvalue weighted by molar-refractivity contribution is -0.116. The van der Waals surface area contributed by atoms with Gasteiger partial charge in [0.2, 0.25) is 5.91 Å². The van der Waals surface area contributed by atoms with Crippen molar-refractivity contribution in [2.75, 3.05) is 5.32 Å². The van der Waals surface area contributed by atoms with E-state index in [0.717, 1.165) is 18.6 Å². The van der Waals surface area contributed by atoms with E-state index in [1.807, 2.05) is 0 Å². The molecular weight excluding hydrogens is 294 g/mol. The minimum absolute atomic E-state index is 0.0881. The molecule has 1 heterocycles. The summed E-state index contributed by atoms with van der Waals surface area (Å²) in [6.45, 7) is 4.11. The van der Waals surface area contributed by atoms with Crippen molar-refractivity contribution in [1.29, 1.82) is 0 Å². The minimum Gasteiger partial charge on any atom is -0.302 e. The van der Waals surface area contributed by atoms with E-state index in [-0.39, 0.29) is 5.91 Å². The van der Waals surface area contributed by atoms with Crippen molar-refractivity contribution in [2.24, 2.45) is 5.92 Å². The minimum atomic E-state index is -0.914. The third kappa shape index (κ3) is 4.32. The summed E-state index contributed by atoms with van der Waals surface area (Å²) in [6, 6.07) is 3.61. The first-order valence-electron chi connectivity index (χ1n) is 6.66. The van der Waals surface area contributed by atoms with Crippen LogP contribution in [0.4, 0.5) is 13.9 Å². The predicted octanol–water partition coefficient (Wildman–Crippen LogP) is 4.46. The fraction of sp³-hybridized carbons (Fsp3) is 0.333. The number of carbonyl (C=O) groups excluding carboxylic acids is 1. The highest BCUT2D eigenvalue weighted by Gasteiger charge is 2.10. The van der Waals surface area contributed by atoms with Gasteiger partial charge in [0.25, 0.3) is 0 Å². The van der Waals surface area contributed by atoms with Gasteiger partial charge in [0.15, 0.2) is 16.8 Å². The van der Waals surface area contributed by atoms with Gasteiger partial charge in [-0.05, 0) is 30.5 Å². The van der Waals surface area contributed by atoms with Crippen LogP contribution < -0.4 is 5.32 Å². The summed E-state index contributed by atoms with van der Waals surface area (Å²) in [5.74, 6) is -1.43. The molecule has 1 aromatic heterocycles. The van der Waals surface area contributed by atoms with Crippen LogP contribution in [0.2, 0.25) is 0 Å². The van der Waals surface area contributed by atoms with Gasteiger partial charge in [-0.15, -0.1) is 11.3 Å². The van der Waals surface area contributed by atoms with Gasteiger partial charge in [0, 0.05) is 17.4 Å². The fourth-order valence-corrected chi connectivity index (χ4v) is 2.46. The predicted molar refractivity (Wildman–Crippen MR) is 80.2 cm³/mol. The van der Waals surface area contributed by atoms with Crippen LogP contribution in [0.15, 0.2) is 23.6 Å². The number of hydrogen-bond acceptors (Lipinski definition) is 3. The monoisotopic (exact) mass is 310 g/mol. The van der Waals surface area contributed by atoms with Crippen LogP contribution in [-0.2, 0) is 4.79 Å². The first kappa shape index (κ1) is 15.6. The number of hydrogen-bond donors (Lipinski definition) is 1. The zero-order chi connectivity index (χ0) is 15.4. The summed E-state index contributed by atoms with van der Waals surface area (Å²) < 4.78 is 26.1. The number of aromatic nitrogens is 1. The van der Waals surface area contributed by atoms with E-state index >= 15 is 0 Å². The average Bonchev–Trinajstić information content (AvgIpc) is 2.88. The molecule has 0 aliphatic rings. The molecule has 0 bridgehead atoms. The maximum absolute atomic E-state index is 13.2. The molecule has 0 spiro atoms. The van der Waals surface area contributed by atoms with Gasteiger partial charge in [-0.3, -0.25) is 4.79 Å². The number of nitrogens with zero attached hydrogens (tertiary/aromatic N) is 1. The van der Waals surface area contributed by atoms with Crippen LogP contribution in [0.25, 0.3) is 11.3 Å².